The first-order valence-electron chi connectivity index (χ1n) is 4.77. The third kappa shape index (κ3) is 3.05. The quantitative estimate of drug-likeness (QED) is 0.746. The Bertz CT molecular complexity index is 642. The van der Waals surface area contributed by atoms with E-state index in [9.17, 15) is 9.90 Å². The van der Waals surface area contributed by atoms with Crippen LogP contribution < -0.4 is 5.56 Å². The van der Waals surface area contributed by atoms with Crippen molar-refractivity contribution in [2.75, 3.05) is 0 Å². The Morgan fingerprint density at radius 1 is 1.44 bits per heavy atom. The summed E-state index contributed by atoms with van der Waals surface area (Å²) in [4.78, 5) is 11.7. The van der Waals surface area contributed by atoms with Crippen LogP contribution in [0.4, 0.5) is 0 Å². The third-order valence-electron chi connectivity index (χ3n) is 2.39. The van der Waals surface area contributed by atoms with Gasteiger partial charge in [-0.25, -0.2) is 0 Å². The number of hydrogen-bond acceptors (Lipinski definition) is 2. The molecule has 2 aromatic rings. The maximum atomic E-state index is 11.7. The van der Waals surface area contributed by atoms with Crippen LogP contribution >= 0.6 is 27.5 Å². The first-order chi connectivity index (χ1) is 8.00. The van der Waals surface area contributed by atoms with Crippen molar-refractivity contribution >= 4 is 27.5 Å². The molecule has 1 aromatic carbocycles. The van der Waals surface area contributed by atoms with E-state index in [1.807, 2.05) is 0 Å². The first-order valence-corrected chi connectivity index (χ1v) is 5.94. The molecule has 0 spiro atoms. The summed E-state index contributed by atoms with van der Waals surface area (Å²) in [6.45, 7) is 0. The van der Waals surface area contributed by atoms with E-state index in [1.165, 1.54) is 10.6 Å². The van der Waals surface area contributed by atoms with E-state index in [1.54, 1.807) is 25.2 Å². The molecule has 0 aliphatic carbocycles. The number of phenols is 1. The fraction of sp³-hybridized carbons (Fsp3) is 0.0833. The van der Waals surface area contributed by atoms with Crippen LogP contribution in [0, 0.1) is 6.07 Å². The fourth-order valence-corrected chi connectivity index (χ4v) is 2.24. The van der Waals surface area contributed by atoms with Gasteiger partial charge in [-0.2, -0.15) is 23.7 Å². The number of benzene rings is 1. The van der Waals surface area contributed by atoms with Gasteiger partial charge in [-0.1, -0.05) is 27.2 Å². The van der Waals surface area contributed by atoms with Crippen LogP contribution in [0.1, 0.15) is 0 Å². The van der Waals surface area contributed by atoms with Crippen molar-refractivity contribution in [3.63, 3.8) is 0 Å². The molecule has 0 unspecified atom stereocenters. The summed E-state index contributed by atoms with van der Waals surface area (Å²) in [6.07, 6.45) is 0. The summed E-state index contributed by atoms with van der Waals surface area (Å²) in [5.41, 5.74) is 1.09. The minimum absolute atomic E-state index is 0. The molecule has 0 atom stereocenters. The summed E-state index contributed by atoms with van der Waals surface area (Å²) in [5.74, 6) is 0.152. The number of aromatic nitrogens is 1. The smallest absolute Gasteiger partial charge is 0.212 e. The van der Waals surface area contributed by atoms with Crippen LogP contribution in [0.15, 0.2) is 33.5 Å². The molecule has 0 saturated carbocycles. The van der Waals surface area contributed by atoms with Crippen molar-refractivity contribution < 1.29 is 37.8 Å². The molecule has 1 N–H and O–H groups in total. The summed E-state index contributed by atoms with van der Waals surface area (Å²) in [5, 5.41) is 9.45. The number of pyridine rings is 1. The van der Waals surface area contributed by atoms with Gasteiger partial charge in [0, 0.05) is 44.8 Å². The molecule has 6 heteroatoms. The Kier molecular flexibility index (Phi) is 5.59. The monoisotopic (exact) mass is 401 g/mol. The Morgan fingerprint density at radius 3 is 2.72 bits per heavy atom. The summed E-state index contributed by atoms with van der Waals surface area (Å²) in [6, 6.07) is 9.20. The average molecular weight is 402 g/mol. The van der Waals surface area contributed by atoms with E-state index >= 15 is 0 Å². The summed E-state index contributed by atoms with van der Waals surface area (Å²) >= 11 is 9.05. The number of phenolic OH excluding ortho intramolecular Hbond substituents is 1. The topological polar surface area (TPSA) is 42.2 Å². The van der Waals surface area contributed by atoms with Crippen LogP contribution in [-0.2, 0) is 39.8 Å². The molecule has 0 fully saturated rings. The molecule has 0 amide bonds. The van der Waals surface area contributed by atoms with E-state index in [0.29, 0.717) is 10.2 Å². The minimum atomic E-state index is -0.277. The fourth-order valence-electron chi connectivity index (χ4n) is 1.51. The molecular weight excluding hydrogens is 394 g/mol. The number of rotatable bonds is 1. The van der Waals surface area contributed by atoms with Crippen LogP contribution in [0.5, 0.6) is 5.75 Å². The average Bonchev–Trinajstić information content (AvgIpc) is 2.28. The van der Waals surface area contributed by atoms with E-state index in [2.05, 4.69) is 22.0 Å². The zero-order valence-corrected chi connectivity index (χ0v) is 14.6. The van der Waals surface area contributed by atoms with Gasteiger partial charge in [-0.15, -0.1) is 6.07 Å². The molecule has 18 heavy (non-hydrogen) atoms. The number of nitrogens with zero attached hydrogens (tertiary/aromatic N) is 1. The van der Waals surface area contributed by atoms with Crippen molar-refractivity contribution in [2.45, 2.75) is 0 Å². The Labute approximate surface area is 143 Å². The first kappa shape index (κ1) is 15.9. The predicted octanol–water partition coefficient (Wildman–Crippen LogP) is 2.97. The maximum Gasteiger partial charge on any atom is 0.212 e. The molecule has 1 aromatic heterocycles. The van der Waals surface area contributed by atoms with Crippen LogP contribution in [0.25, 0.3) is 11.3 Å². The van der Waals surface area contributed by atoms with E-state index < -0.39 is 0 Å². The SMILES string of the molecule is Cn1c(-c2ccc(O)cc2Br)[c-]cc(Cl)c1=O.[Y]. The van der Waals surface area contributed by atoms with E-state index in [4.69, 9.17) is 11.6 Å². The van der Waals surface area contributed by atoms with E-state index in [-0.39, 0.29) is 49.0 Å². The zero-order chi connectivity index (χ0) is 12.6. The summed E-state index contributed by atoms with van der Waals surface area (Å²) in [7, 11) is 1.62. The molecule has 91 valence electrons. The maximum absolute atomic E-state index is 11.7. The molecule has 0 saturated heterocycles. The molecule has 2 rings (SSSR count). The van der Waals surface area contributed by atoms with Gasteiger partial charge in [0.1, 0.15) is 5.75 Å². The standard InChI is InChI=1S/C12H8BrClNO2.Y/c1-15-11(5-4-10(14)12(15)17)8-3-2-7(16)6-9(8)13;/h2-4,6,16H,1H3;/q-1;. The number of hydrogen-bond donors (Lipinski definition) is 1. The van der Waals surface area contributed by atoms with Crippen LogP contribution in [0.2, 0.25) is 5.02 Å². The second-order valence-corrected chi connectivity index (χ2v) is 4.78. The van der Waals surface area contributed by atoms with Crippen molar-refractivity contribution in [3.8, 4) is 17.0 Å². The van der Waals surface area contributed by atoms with Crippen molar-refractivity contribution in [3.05, 3.63) is 50.2 Å². The molecular formula is C12H8BrClNO2Y-. The van der Waals surface area contributed by atoms with Crippen molar-refractivity contribution in [2.24, 2.45) is 7.05 Å². The normalized spacial score (nSPS) is 9.94. The van der Waals surface area contributed by atoms with Gasteiger partial charge in [0.25, 0.3) is 0 Å². The van der Waals surface area contributed by atoms with Crippen molar-refractivity contribution in [1.29, 1.82) is 0 Å². The number of aromatic hydroxyl groups is 1. The molecule has 0 bridgehead atoms. The van der Waals surface area contributed by atoms with Crippen LogP contribution in [-0.4, -0.2) is 9.67 Å². The molecule has 0 aliphatic heterocycles. The Hall–Kier alpha value is -0.156. The molecule has 1 radical (unpaired) electrons. The molecule has 1 heterocycles. The minimum Gasteiger partial charge on any atom is -0.508 e. The van der Waals surface area contributed by atoms with E-state index in [0.717, 1.165) is 5.56 Å². The predicted molar refractivity (Wildman–Crippen MR) is 70.3 cm³/mol. The van der Waals surface area contributed by atoms with Gasteiger partial charge in [0.15, 0.2) is 0 Å². The third-order valence-corrected chi connectivity index (χ3v) is 3.31. The Morgan fingerprint density at radius 2 is 2.11 bits per heavy atom. The summed E-state index contributed by atoms with van der Waals surface area (Å²) < 4.78 is 2.10. The second-order valence-electron chi connectivity index (χ2n) is 3.51. The van der Waals surface area contributed by atoms with Gasteiger partial charge >= 0.3 is 0 Å². The zero-order valence-electron chi connectivity index (χ0n) is 9.45. The van der Waals surface area contributed by atoms with Gasteiger partial charge in [-0.3, -0.25) is 4.79 Å². The second kappa shape index (κ2) is 6.33. The van der Waals surface area contributed by atoms with Crippen molar-refractivity contribution in [1.82, 2.24) is 4.57 Å². The van der Waals surface area contributed by atoms with Gasteiger partial charge < -0.3 is 9.67 Å². The molecule has 0 aliphatic rings. The largest absolute Gasteiger partial charge is 0.508 e. The number of halogens is 2. The van der Waals surface area contributed by atoms with Gasteiger partial charge in [0.05, 0.1) is 0 Å². The molecule has 3 nitrogen and oxygen atoms in total. The van der Waals surface area contributed by atoms with Gasteiger partial charge in [0.2, 0.25) is 5.56 Å². The van der Waals surface area contributed by atoms with Crippen LogP contribution in [0.3, 0.4) is 0 Å². The Balaban J connectivity index is 0.00000162. The van der Waals surface area contributed by atoms with Gasteiger partial charge in [-0.05, 0) is 16.6 Å².